The molecule has 1 amide bonds. The summed E-state index contributed by atoms with van der Waals surface area (Å²) in [5.41, 5.74) is 1.25. The van der Waals surface area contributed by atoms with Gasteiger partial charge in [0.2, 0.25) is 0 Å². The molecule has 23 heavy (non-hydrogen) atoms. The van der Waals surface area contributed by atoms with E-state index in [-0.39, 0.29) is 0 Å². The molecule has 118 valence electrons. The van der Waals surface area contributed by atoms with E-state index in [1.165, 1.54) is 30.3 Å². The van der Waals surface area contributed by atoms with Crippen LogP contribution in [0.1, 0.15) is 5.56 Å². The van der Waals surface area contributed by atoms with Crippen LogP contribution in [0.2, 0.25) is 0 Å². The Morgan fingerprint density at radius 3 is 2.61 bits per heavy atom. The molecule has 0 radical (unpaired) electrons. The number of amides is 1. The number of hydrogen-bond donors (Lipinski definition) is 1. The molecule has 0 atom stereocenters. The summed E-state index contributed by atoms with van der Waals surface area (Å²) in [5, 5.41) is 2.49. The molecule has 2 rings (SSSR count). The van der Waals surface area contributed by atoms with Gasteiger partial charge in [0.25, 0.3) is 5.91 Å². The van der Waals surface area contributed by atoms with Crippen LogP contribution in [0.4, 0.5) is 10.1 Å². The van der Waals surface area contributed by atoms with Gasteiger partial charge in [0.1, 0.15) is 5.82 Å². The van der Waals surface area contributed by atoms with Crippen LogP contribution in [-0.4, -0.2) is 18.5 Å². The molecule has 0 aromatic heterocycles. The number of carbonyl (C=O) groups is 2. The summed E-state index contributed by atoms with van der Waals surface area (Å²) >= 11 is 3.33. The predicted molar refractivity (Wildman–Crippen MR) is 89.2 cm³/mol. The lowest BCUT2D eigenvalue weighted by atomic mass is 10.2. The summed E-state index contributed by atoms with van der Waals surface area (Å²) < 4.78 is 18.5. The molecule has 6 heteroatoms. The summed E-state index contributed by atoms with van der Waals surface area (Å²) in [7, 11) is 0. The number of benzene rings is 2. The largest absolute Gasteiger partial charge is 0.452 e. The molecule has 1 N–H and O–H groups in total. The van der Waals surface area contributed by atoms with Crippen molar-refractivity contribution in [1.82, 2.24) is 0 Å². The topological polar surface area (TPSA) is 55.4 Å². The van der Waals surface area contributed by atoms with Crippen molar-refractivity contribution in [2.45, 2.75) is 0 Å². The van der Waals surface area contributed by atoms with Gasteiger partial charge in [-0.25, -0.2) is 9.18 Å². The molecular weight excluding hydrogens is 365 g/mol. The Morgan fingerprint density at radius 2 is 1.91 bits per heavy atom. The predicted octanol–water partition coefficient (Wildman–Crippen LogP) is 3.78. The fourth-order valence-corrected chi connectivity index (χ4v) is 2.11. The molecular formula is C17H13BrFNO3. The number of anilines is 1. The van der Waals surface area contributed by atoms with E-state index in [1.807, 2.05) is 24.3 Å². The van der Waals surface area contributed by atoms with Gasteiger partial charge in [0, 0.05) is 16.2 Å². The van der Waals surface area contributed by atoms with Crippen molar-refractivity contribution < 1.29 is 18.7 Å². The number of nitrogens with one attached hydrogen (secondary N) is 1. The minimum Gasteiger partial charge on any atom is -0.452 e. The van der Waals surface area contributed by atoms with Gasteiger partial charge in [-0.05, 0) is 48.0 Å². The monoisotopic (exact) mass is 377 g/mol. The zero-order chi connectivity index (χ0) is 16.7. The SMILES string of the molecule is O=C(COC(=O)C=Cc1cccc(Br)c1)Nc1ccc(F)cc1. The first-order chi connectivity index (χ1) is 11.0. The van der Waals surface area contributed by atoms with Crippen LogP contribution in [0.5, 0.6) is 0 Å². The van der Waals surface area contributed by atoms with E-state index in [1.54, 1.807) is 6.08 Å². The third-order valence-electron chi connectivity index (χ3n) is 2.73. The van der Waals surface area contributed by atoms with Crippen molar-refractivity contribution >= 4 is 39.6 Å². The van der Waals surface area contributed by atoms with Crippen LogP contribution >= 0.6 is 15.9 Å². The second-order valence-electron chi connectivity index (χ2n) is 4.55. The van der Waals surface area contributed by atoms with Gasteiger partial charge in [-0.2, -0.15) is 0 Å². The Morgan fingerprint density at radius 1 is 1.17 bits per heavy atom. The second kappa shape index (κ2) is 8.24. The average Bonchev–Trinajstić information content (AvgIpc) is 2.53. The molecule has 4 nitrogen and oxygen atoms in total. The number of halogens is 2. The Kier molecular flexibility index (Phi) is 6.05. The molecule has 0 aliphatic rings. The normalized spacial score (nSPS) is 10.5. The van der Waals surface area contributed by atoms with Gasteiger partial charge in [0.05, 0.1) is 0 Å². The van der Waals surface area contributed by atoms with E-state index in [9.17, 15) is 14.0 Å². The third-order valence-corrected chi connectivity index (χ3v) is 3.23. The lowest BCUT2D eigenvalue weighted by Crippen LogP contribution is -2.20. The molecule has 0 saturated carbocycles. The van der Waals surface area contributed by atoms with Gasteiger partial charge in [-0.1, -0.05) is 28.1 Å². The summed E-state index contributed by atoms with van der Waals surface area (Å²) in [6, 6.07) is 12.7. The zero-order valence-electron chi connectivity index (χ0n) is 12.0. The Balaban J connectivity index is 1.79. The summed E-state index contributed by atoms with van der Waals surface area (Å²) in [6.45, 7) is -0.418. The number of rotatable bonds is 5. The minimum absolute atomic E-state index is 0.396. The first-order valence-corrected chi connectivity index (χ1v) is 7.48. The Labute approximate surface area is 141 Å². The average molecular weight is 378 g/mol. The van der Waals surface area contributed by atoms with Gasteiger partial charge < -0.3 is 10.1 Å². The smallest absolute Gasteiger partial charge is 0.331 e. The molecule has 0 saturated heterocycles. The maximum atomic E-state index is 12.7. The Bertz CT molecular complexity index is 729. The summed E-state index contributed by atoms with van der Waals surface area (Å²) in [5.74, 6) is -1.52. The lowest BCUT2D eigenvalue weighted by molar-refractivity contribution is -0.142. The fourth-order valence-electron chi connectivity index (χ4n) is 1.69. The second-order valence-corrected chi connectivity index (χ2v) is 5.47. The van der Waals surface area contributed by atoms with E-state index < -0.39 is 24.3 Å². The summed E-state index contributed by atoms with van der Waals surface area (Å²) in [6.07, 6.45) is 2.83. The van der Waals surface area contributed by atoms with Crippen LogP contribution in [0.25, 0.3) is 6.08 Å². The van der Waals surface area contributed by atoms with Crippen LogP contribution in [0.3, 0.4) is 0 Å². The van der Waals surface area contributed by atoms with Crippen molar-refractivity contribution in [2.24, 2.45) is 0 Å². The quantitative estimate of drug-likeness (QED) is 0.637. The van der Waals surface area contributed by atoms with E-state index in [4.69, 9.17) is 4.74 Å². The summed E-state index contributed by atoms with van der Waals surface area (Å²) in [4.78, 5) is 23.2. The molecule has 0 aliphatic heterocycles. The maximum absolute atomic E-state index is 12.7. The Hall–Kier alpha value is -2.47. The molecule has 0 aliphatic carbocycles. The highest BCUT2D eigenvalue weighted by atomic mass is 79.9. The van der Waals surface area contributed by atoms with Gasteiger partial charge in [-0.3, -0.25) is 4.79 Å². The molecule has 0 spiro atoms. The molecule has 2 aromatic rings. The third kappa shape index (κ3) is 6.04. The number of carbonyl (C=O) groups excluding carboxylic acids is 2. The fraction of sp³-hybridized carbons (Fsp3) is 0.0588. The van der Waals surface area contributed by atoms with Crippen molar-refractivity contribution in [3.63, 3.8) is 0 Å². The van der Waals surface area contributed by atoms with Crippen molar-refractivity contribution in [1.29, 1.82) is 0 Å². The number of esters is 1. The number of ether oxygens (including phenoxy) is 1. The van der Waals surface area contributed by atoms with Crippen LogP contribution in [-0.2, 0) is 14.3 Å². The van der Waals surface area contributed by atoms with Crippen molar-refractivity contribution in [3.8, 4) is 0 Å². The van der Waals surface area contributed by atoms with E-state index >= 15 is 0 Å². The highest BCUT2D eigenvalue weighted by molar-refractivity contribution is 9.10. The van der Waals surface area contributed by atoms with Crippen LogP contribution in [0, 0.1) is 5.82 Å². The molecule has 2 aromatic carbocycles. The maximum Gasteiger partial charge on any atom is 0.331 e. The number of hydrogen-bond acceptors (Lipinski definition) is 3. The van der Waals surface area contributed by atoms with Crippen molar-refractivity contribution in [3.05, 3.63) is 70.5 Å². The first-order valence-electron chi connectivity index (χ1n) is 6.69. The van der Waals surface area contributed by atoms with Gasteiger partial charge in [0.15, 0.2) is 6.61 Å². The van der Waals surface area contributed by atoms with E-state index in [0.29, 0.717) is 5.69 Å². The van der Waals surface area contributed by atoms with E-state index in [2.05, 4.69) is 21.2 Å². The van der Waals surface area contributed by atoms with Crippen LogP contribution in [0.15, 0.2) is 59.1 Å². The lowest BCUT2D eigenvalue weighted by Gasteiger charge is -2.05. The standard InChI is InChI=1S/C17H13BrFNO3/c18-13-3-1-2-12(10-13)4-9-17(22)23-11-16(21)20-15-7-5-14(19)6-8-15/h1-10H,11H2,(H,20,21). The molecule has 0 bridgehead atoms. The highest BCUT2D eigenvalue weighted by Gasteiger charge is 2.05. The minimum atomic E-state index is -0.626. The van der Waals surface area contributed by atoms with Gasteiger partial charge >= 0.3 is 5.97 Å². The van der Waals surface area contributed by atoms with Crippen molar-refractivity contribution in [2.75, 3.05) is 11.9 Å². The highest BCUT2D eigenvalue weighted by Crippen LogP contribution is 2.12. The molecule has 0 heterocycles. The van der Waals surface area contributed by atoms with Crippen LogP contribution < -0.4 is 5.32 Å². The molecule has 0 fully saturated rings. The first kappa shape index (κ1) is 16.9. The molecule has 0 unspecified atom stereocenters. The van der Waals surface area contributed by atoms with Gasteiger partial charge in [-0.15, -0.1) is 0 Å². The van der Waals surface area contributed by atoms with E-state index in [0.717, 1.165) is 10.0 Å². The zero-order valence-corrected chi connectivity index (χ0v) is 13.5.